The van der Waals surface area contributed by atoms with Crippen LogP contribution >= 0.6 is 0 Å². The molecule has 20 heavy (non-hydrogen) atoms. The van der Waals surface area contributed by atoms with Crippen molar-refractivity contribution in [2.45, 2.75) is 33.1 Å². The molecule has 110 valence electrons. The van der Waals surface area contributed by atoms with Crippen LogP contribution in [0.4, 0.5) is 0 Å². The van der Waals surface area contributed by atoms with Crippen molar-refractivity contribution in [2.75, 3.05) is 6.54 Å². The minimum atomic E-state index is -0.874. The largest absolute Gasteiger partial charge is 0.409 e. The Balaban J connectivity index is 1.90. The Morgan fingerprint density at radius 2 is 2.35 bits per heavy atom. The first-order chi connectivity index (χ1) is 9.48. The summed E-state index contributed by atoms with van der Waals surface area (Å²) in [5.74, 6) is 1.19. The Bertz CT molecular complexity index is 519. The molecule has 0 saturated heterocycles. The van der Waals surface area contributed by atoms with Gasteiger partial charge >= 0.3 is 0 Å². The Kier molecular flexibility index (Phi) is 3.91. The predicted molar refractivity (Wildman–Crippen MR) is 70.0 cm³/mol. The second-order valence-corrected chi connectivity index (χ2v) is 5.32. The van der Waals surface area contributed by atoms with Crippen molar-refractivity contribution in [3.63, 3.8) is 0 Å². The highest BCUT2D eigenvalue weighted by Crippen LogP contribution is 2.45. The van der Waals surface area contributed by atoms with Gasteiger partial charge in [-0.3, -0.25) is 4.79 Å². The van der Waals surface area contributed by atoms with Crippen LogP contribution in [0, 0.1) is 18.3 Å². The van der Waals surface area contributed by atoms with E-state index >= 15 is 0 Å². The molecule has 1 heterocycles. The van der Waals surface area contributed by atoms with Gasteiger partial charge in [-0.2, -0.15) is 4.98 Å². The zero-order valence-corrected chi connectivity index (χ0v) is 11.6. The number of amides is 1. The van der Waals surface area contributed by atoms with Gasteiger partial charge in [0.15, 0.2) is 11.7 Å². The Labute approximate surface area is 116 Å². The number of carbonyl (C=O) groups is 1. The summed E-state index contributed by atoms with van der Waals surface area (Å²) in [6.07, 6.45) is 1.66. The SMILES string of the molecule is Cc1nc(CCNC(=O)C2(C(N)=NO)CC(C)C2)no1. The number of hydrogen-bond donors (Lipinski definition) is 3. The van der Waals surface area contributed by atoms with Crippen LogP contribution in [0.1, 0.15) is 31.5 Å². The van der Waals surface area contributed by atoms with E-state index in [0.717, 1.165) is 0 Å². The molecule has 1 amide bonds. The van der Waals surface area contributed by atoms with Crippen molar-refractivity contribution in [3.05, 3.63) is 11.7 Å². The van der Waals surface area contributed by atoms with Gasteiger partial charge in [0.1, 0.15) is 5.41 Å². The fourth-order valence-electron chi connectivity index (χ4n) is 2.64. The average Bonchev–Trinajstić information content (AvgIpc) is 2.79. The number of hydrogen-bond acceptors (Lipinski definition) is 6. The molecule has 0 radical (unpaired) electrons. The Morgan fingerprint density at radius 1 is 1.65 bits per heavy atom. The van der Waals surface area contributed by atoms with Crippen molar-refractivity contribution >= 4 is 11.7 Å². The first-order valence-corrected chi connectivity index (χ1v) is 6.53. The molecule has 1 saturated carbocycles. The number of nitrogens with zero attached hydrogens (tertiary/aromatic N) is 3. The summed E-state index contributed by atoms with van der Waals surface area (Å²) in [6.45, 7) is 4.11. The van der Waals surface area contributed by atoms with Crippen LogP contribution in [0.2, 0.25) is 0 Å². The maximum absolute atomic E-state index is 12.2. The normalized spacial score (nSPS) is 26.1. The van der Waals surface area contributed by atoms with Gasteiger partial charge in [-0.1, -0.05) is 17.2 Å². The third kappa shape index (κ3) is 2.59. The van der Waals surface area contributed by atoms with E-state index in [1.165, 1.54) is 0 Å². The molecule has 1 aromatic heterocycles. The van der Waals surface area contributed by atoms with Gasteiger partial charge in [0.2, 0.25) is 11.8 Å². The summed E-state index contributed by atoms with van der Waals surface area (Å²) in [5.41, 5.74) is 4.79. The zero-order chi connectivity index (χ0) is 14.8. The van der Waals surface area contributed by atoms with E-state index in [1.54, 1.807) is 6.92 Å². The maximum Gasteiger partial charge on any atom is 0.233 e. The third-order valence-corrected chi connectivity index (χ3v) is 3.63. The molecule has 4 N–H and O–H groups in total. The number of aromatic nitrogens is 2. The van der Waals surface area contributed by atoms with Crippen LogP contribution in [0.5, 0.6) is 0 Å². The summed E-state index contributed by atoms with van der Waals surface area (Å²) < 4.78 is 4.85. The van der Waals surface area contributed by atoms with Crippen LogP contribution in [0.3, 0.4) is 0 Å². The minimum Gasteiger partial charge on any atom is -0.409 e. The van der Waals surface area contributed by atoms with E-state index in [1.807, 2.05) is 6.92 Å². The molecule has 0 unspecified atom stereocenters. The Morgan fingerprint density at radius 3 is 2.85 bits per heavy atom. The predicted octanol–water partition coefficient (Wildman–Crippen LogP) is 0.199. The molecule has 1 aliphatic rings. The fourth-order valence-corrected chi connectivity index (χ4v) is 2.64. The number of amidine groups is 1. The van der Waals surface area contributed by atoms with Crippen molar-refractivity contribution in [1.82, 2.24) is 15.5 Å². The van der Waals surface area contributed by atoms with Crippen LogP contribution < -0.4 is 11.1 Å². The van der Waals surface area contributed by atoms with Gasteiger partial charge < -0.3 is 20.8 Å². The van der Waals surface area contributed by atoms with Crippen molar-refractivity contribution in [3.8, 4) is 0 Å². The summed E-state index contributed by atoms with van der Waals surface area (Å²) in [6, 6.07) is 0. The molecule has 0 aromatic carbocycles. The zero-order valence-electron chi connectivity index (χ0n) is 11.6. The van der Waals surface area contributed by atoms with Crippen LogP contribution in [-0.2, 0) is 11.2 Å². The fraction of sp³-hybridized carbons (Fsp3) is 0.667. The first kappa shape index (κ1) is 14.3. The second-order valence-electron chi connectivity index (χ2n) is 5.32. The van der Waals surface area contributed by atoms with E-state index in [4.69, 9.17) is 15.5 Å². The molecular formula is C12H19N5O3. The van der Waals surface area contributed by atoms with E-state index in [2.05, 4.69) is 20.6 Å². The van der Waals surface area contributed by atoms with Crippen LogP contribution in [0.25, 0.3) is 0 Å². The van der Waals surface area contributed by atoms with Crippen molar-refractivity contribution < 1.29 is 14.5 Å². The van der Waals surface area contributed by atoms with Gasteiger partial charge in [0.05, 0.1) is 0 Å². The number of aryl methyl sites for hydroxylation is 1. The molecule has 1 aliphatic carbocycles. The van der Waals surface area contributed by atoms with Crippen molar-refractivity contribution in [2.24, 2.45) is 22.2 Å². The minimum absolute atomic E-state index is 0.0245. The van der Waals surface area contributed by atoms with Crippen LogP contribution in [-0.4, -0.2) is 33.6 Å². The lowest BCUT2D eigenvalue weighted by Crippen LogP contribution is -2.57. The molecule has 8 heteroatoms. The summed E-state index contributed by atoms with van der Waals surface area (Å²) in [7, 11) is 0. The summed E-state index contributed by atoms with van der Waals surface area (Å²) >= 11 is 0. The van der Waals surface area contributed by atoms with Gasteiger partial charge in [0, 0.05) is 19.9 Å². The smallest absolute Gasteiger partial charge is 0.233 e. The number of nitrogens with one attached hydrogen (secondary N) is 1. The van der Waals surface area contributed by atoms with Gasteiger partial charge in [-0.15, -0.1) is 0 Å². The van der Waals surface area contributed by atoms with E-state index in [-0.39, 0.29) is 11.7 Å². The highest BCUT2D eigenvalue weighted by molar-refractivity contribution is 6.07. The molecule has 2 rings (SSSR count). The number of rotatable bonds is 5. The first-order valence-electron chi connectivity index (χ1n) is 6.53. The highest BCUT2D eigenvalue weighted by atomic mass is 16.5. The molecule has 1 fully saturated rings. The van der Waals surface area contributed by atoms with E-state index in [0.29, 0.717) is 43.4 Å². The summed E-state index contributed by atoms with van der Waals surface area (Å²) in [4.78, 5) is 16.3. The standard InChI is InChI=1S/C12H19N5O3/c1-7-5-12(6-7,10(13)16-19)11(18)14-4-3-9-15-8(2)20-17-9/h7,19H,3-6H2,1-2H3,(H2,13,16)(H,14,18). The lowest BCUT2D eigenvalue weighted by atomic mass is 9.61. The van der Waals surface area contributed by atoms with E-state index in [9.17, 15) is 4.79 Å². The number of oxime groups is 1. The van der Waals surface area contributed by atoms with Gasteiger partial charge in [-0.05, 0) is 18.8 Å². The van der Waals surface area contributed by atoms with Gasteiger partial charge in [0.25, 0.3) is 0 Å². The highest BCUT2D eigenvalue weighted by Gasteiger charge is 2.52. The molecule has 0 spiro atoms. The molecule has 8 nitrogen and oxygen atoms in total. The number of nitrogens with two attached hydrogens (primary N) is 1. The quantitative estimate of drug-likeness (QED) is 0.306. The molecule has 0 atom stereocenters. The van der Waals surface area contributed by atoms with Crippen LogP contribution in [0.15, 0.2) is 9.68 Å². The summed E-state index contributed by atoms with van der Waals surface area (Å²) in [5, 5.41) is 18.4. The van der Waals surface area contributed by atoms with Gasteiger partial charge in [-0.25, -0.2) is 0 Å². The third-order valence-electron chi connectivity index (χ3n) is 3.63. The average molecular weight is 281 g/mol. The molecular weight excluding hydrogens is 262 g/mol. The molecule has 0 bridgehead atoms. The Hall–Kier alpha value is -2.12. The van der Waals surface area contributed by atoms with Crippen molar-refractivity contribution in [1.29, 1.82) is 0 Å². The lowest BCUT2D eigenvalue weighted by molar-refractivity contribution is -0.133. The second kappa shape index (κ2) is 5.48. The topological polar surface area (TPSA) is 127 Å². The maximum atomic E-state index is 12.2. The molecule has 1 aromatic rings. The molecule has 0 aliphatic heterocycles. The lowest BCUT2D eigenvalue weighted by Gasteiger charge is -2.43. The van der Waals surface area contributed by atoms with E-state index < -0.39 is 5.41 Å². The monoisotopic (exact) mass is 281 g/mol. The number of carbonyl (C=O) groups excluding carboxylic acids is 1.